The molecule has 1 heterocycles. The summed E-state index contributed by atoms with van der Waals surface area (Å²) in [5.41, 5.74) is 0.589. The Morgan fingerprint density at radius 2 is 2.09 bits per heavy atom. The molecule has 0 saturated carbocycles. The van der Waals surface area contributed by atoms with Gasteiger partial charge in [-0.25, -0.2) is 12.8 Å². The fourth-order valence-corrected chi connectivity index (χ4v) is 3.74. The molecule has 1 aromatic carbocycles. The molecule has 1 aromatic rings. The molecule has 0 N–H and O–H groups in total. The lowest BCUT2D eigenvalue weighted by Gasteiger charge is -2.19. The predicted molar refractivity (Wildman–Crippen MR) is 76.2 cm³/mol. The Morgan fingerprint density at radius 1 is 1.36 bits per heavy atom. The third kappa shape index (κ3) is 4.36. The van der Waals surface area contributed by atoms with E-state index in [-0.39, 0.29) is 11.0 Å². The highest BCUT2D eigenvalue weighted by atomic mass is 32.2. The number of hydrogen-bond acceptors (Lipinski definition) is 4. The van der Waals surface area contributed by atoms with Crippen molar-refractivity contribution in [1.29, 1.82) is 0 Å². The van der Waals surface area contributed by atoms with Gasteiger partial charge in [0.05, 0.1) is 11.0 Å². The van der Waals surface area contributed by atoms with Crippen molar-refractivity contribution < 1.29 is 26.3 Å². The minimum absolute atomic E-state index is 0.0726. The van der Waals surface area contributed by atoms with E-state index in [0.717, 1.165) is 12.1 Å². The molecule has 0 bridgehead atoms. The van der Waals surface area contributed by atoms with Crippen LogP contribution in [0.25, 0.3) is 0 Å². The van der Waals surface area contributed by atoms with Crippen LogP contribution in [0.4, 0.5) is 13.2 Å². The Hall–Kier alpha value is -1.28. The molecule has 4 nitrogen and oxygen atoms in total. The van der Waals surface area contributed by atoms with Gasteiger partial charge in [0.25, 0.3) is 0 Å². The number of benzene rings is 1. The first-order chi connectivity index (χ1) is 10.3. The maximum Gasteiger partial charge on any atom is 0.387 e. The summed E-state index contributed by atoms with van der Waals surface area (Å²) >= 11 is 0. The fourth-order valence-electron chi connectivity index (χ4n) is 2.36. The lowest BCUT2D eigenvalue weighted by Crippen LogP contribution is -2.26. The Bertz CT molecular complexity index is 622. The third-order valence-corrected chi connectivity index (χ3v) is 5.99. The Kier molecular flexibility index (Phi) is 5.33. The highest BCUT2D eigenvalue weighted by Gasteiger charge is 2.26. The molecule has 1 aliphatic rings. The Morgan fingerprint density at radius 3 is 2.73 bits per heavy atom. The highest BCUT2D eigenvalue weighted by Crippen LogP contribution is 2.22. The largest absolute Gasteiger partial charge is 0.432 e. The van der Waals surface area contributed by atoms with Gasteiger partial charge in [0.2, 0.25) is 0 Å². The maximum atomic E-state index is 13.7. The van der Waals surface area contributed by atoms with E-state index in [4.69, 9.17) is 0 Å². The van der Waals surface area contributed by atoms with Gasteiger partial charge >= 0.3 is 6.61 Å². The summed E-state index contributed by atoms with van der Waals surface area (Å²) in [4.78, 5) is 1.92. The van der Waals surface area contributed by atoms with Crippen LogP contribution in [0.3, 0.4) is 0 Å². The van der Waals surface area contributed by atoms with E-state index in [1.807, 2.05) is 4.90 Å². The minimum atomic E-state index is -3.07. The number of nitrogens with zero attached hydrogens (tertiary/aromatic N) is 1. The van der Waals surface area contributed by atoms with Crippen LogP contribution in [-0.2, 0) is 16.4 Å². The Labute approximate surface area is 127 Å². The zero-order valence-electron chi connectivity index (χ0n) is 12.1. The van der Waals surface area contributed by atoms with Gasteiger partial charge in [0, 0.05) is 13.1 Å². The van der Waals surface area contributed by atoms with E-state index >= 15 is 0 Å². The normalized spacial score (nSPS) is 22.5. The van der Waals surface area contributed by atoms with Crippen LogP contribution >= 0.6 is 0 Å². The molecule has 22 heavy (non-hydrogen) atoms. The lowest BCUT2D eigenvalue weighted by molar-refractivity contribution is -0.0522. The van der Waals surface area contributed by atoms with Crippen molar-refractivity contribution in [3.8, 4) is 5.75 Å². The molecule has 1 aliphatic heterocycles. The van der Waals surface area contributed by atoms with Gasteiger partial charge in [0.1, 0.15) is 0 Å². The number of alkyl halides is 2. The number of sulfone groups is 1. The van der Waals surface area contributed by atoms with Crippen molar-refractivity contribution in [1.82, 2.24) is 4.90 Å². The molecule has 1 unspecified atom stereocenters. The van der Waals surface area contributed by atoms with Crippen molar-refractivity contribution in [2.45, 2.75) is 31.8 Å². The summed E-state index contributed by atoms with van der Waals surface area (Å²) in [7, 11) is -3.07. The van der Waals surface area contributed by atoms with Crippen molar-refractivity contribution in [3.05, 3.63) is 29.6 Å². The van der Waals surface area contributed by atoms with E-state index in [1.54, 1.807) is 6.92 Å². The molecule has 8 heteroatoms. The van der Waals surface area contributed by atoms with Gasteiger partial charge in [-0.2, -0.15) is 8.78 Å². The predicted octanol–water partition coefficient (Wildman–Crippen LogP) is 2.44. The zero-order valence-corrected chi connectivity index (χ0v) is 13.0. The summed E-state index contributed by atoms with van der Waals surface area (Å²) in [5.74, 6) is -1.28. The monoisotopic (exact) mass is 337 g/mol. The summed E-state index contributed by atoms with van der Waals surface area (Å²) < 4.78 is 65.5. The highest BCUT2D eigenvalue weighted by molar-refractivity contribution is 7.92. The van der Waals surface area contributed by atoms with Crippen molar-refractivity contribution in [3.63, 3.8) is 0 Å². The van der Waals surface area contributed by atoms with Crippen molar-refractivity contribution in [2.24, 2.45) is 0 Å². The molecular weight excluding hydrogens is 319 g/mol. The minimum Gasteiger partial charge on any atom is -0.432 e. The summed E-state index contributed by atoms with van der Waals surface area (Å²) in [6.07, 6.45) is 0.525. The fraction of sp³-hybridized carbons (Fsp3) is 0.571. The number of rotatable bonds is 4. The van der Waals surface area contributed by atoms with Crippen LogP contribution in [0.15, 0.2) is 18.2 Å². The molecule has 1 fully saturated rings. The zero-order chi connectivity index (χ0) is 16.3. The lowest BCUT2D eigenvalue weighted by atomic mass is 10.2. The molecule has 2 rings (SSSR count). The molecule has 0 spiro atoms. The molecule has 0 aliphatic carbocycles. The third-order valence-electron chi connectivity index (χ3n) is 3.78. The second kappa shape index (κ2) is 6.87. The molecule has 0 amide bonds. The van der Waals surface area contributed by atoms with Crippen LogP contribution in [0.5, 0.6) is 5.75 Å². The van der Waals surface area contributed by atoms with Crippen molar-refractivity contribution in [2.75, 3.05) is 18.8 Å². The Balaban J connectivity index is 2.03. The second-order valence-corrected chi connectivity index (χ2v) is 7.92. The quantitative estimate of drug-likeness (QED) is 0.847. The van der Waals surface area contributed by atoms with Gasteiger partial charge in [-0.1, -0.05) is 6.07 Å². The number of ether oxygens (including phenoxy) is 1. The van der Waals surface area contributed by atoms with E-state index in [1.165, 1.54) is 6.07 Å². The van der Waals surface area contributed by atoms with Crippen LogP contribution in [0, 0.1) is 5.82 Å². The molecule has 0 radical (unpaired) electrons. The SMILES string of the molecule is CC1CCN(Cc2ccc(OC(F)F)c(F)c2)CCS1(=O)=O. The summed E-state index contributed by atoms with van der Waals surface area (Å²) in [6.45, 7) is -0.0399. The second-order valence-electron chi connectivity index (χ2n) is 5.39. The molecule has 0 aromatic heterocycles. The maximum absolute atomic E-state index is 13.7. The van der Waals surface area contributed by atoms with E-state index in [2.05, 4.69) is 4.74 Å². The first kappa shape index (κ1) is 17.1. The first-order valence-electron chi connectivity index (χ1n) is 6.95. The van der Waals surface area contributed by atoms with Crippen LogP contribution in [0.1, 0.15) is 18.9 Å². The molecule has 1 saturated heterocycles. The van der Waals surface area contributed by atoms with Crippen LogP contribution in [-0.4, -0.2) is 44.0 Å². The number of hydrogen-bond donors (Lipinski definition) is 0. The van der Waals surface area contributed by atoms with E-state index in [0.29, 0.717) is 31.6 Å². The number of halogens is 3. The van der Waals surface area contributed by atoms with Gasteiger partial charge in [-0.15, -0.1) is 0 Å². The summed E-state index contributed by atoms with van der Waals surface area (Å²) in [6, 6.07) is 3.80. The van der Waals surface area contributed by atoms with Gasteiger partial charge in [-0.3, -0.25) is 4.90 Å². The van der Waals surface area contributed by atoms with Gasteiger partial charge in [0.15, 0.2) is 21.4 Å². The van der Waals surface area contributed by atoms with Gasteiger partial charge in [-0.05, 0) is 37.6 Å². The summed E-state index contributed by atoms with van der Waals surface area (Å²) in [5, 5.41) is -0.379. The van der Waals surface area contributed by atoms with Gasteiger partial charge < -0.3 is 4.74 Å². The topological polar surface area (TPSA) is 46.6 Å². The first-order valence-corrected chi connectivity index (χ1v) is 8.66. The molecule has 124 valence electrons. The smallest absolute Gasteiger partial charge is 0.387 e. The average molecular weight is 337 g/mol. The molecule has 1 atom stereocenters. The van der Waals surface area contributed by atoms with Crippen molar-refractivity contribution >= 4 is 9.84 Å². The average Bonchev–Trinajstić information content (AvgIpc) is 2.55. The van der Waals surface area contributed by atoms with Crippen LogP contribution < -0.4 is 4.74 Å². The van der Waals surface area contributed by atoms with E-state index < -0.39 is 28.0 Å². The molecular formula is C14H18F3NO3S. The van der Waals surface area contributed by atoms with E-state index in [9.17, 15) is 21.6 Å². The standard InChI is InChI=1S/C14H18F3NO3S/c1-10-4-5-18(6-7-22(10,19)20)9-11-2-3-13(12(15)8-11)21-14(16)17/h2-3,8,10,14H,4-7,9H2,1H3. The van der Waals surface area contributed by atoms with Crippen LogP contribution in [0.2, 0.25) is 0 Å².